The summed E-state index contributed by atoms with van der Waals surface area (Å²) in [6.07, 6.45) is 0. The number of hydrogen-bond donors (Lipinski definition) is 1. The van der Waals surface area contributed by atoms with Gasteiger partial charge in [0.15, 0.2) is 11.6 Å². The first-order chi connectivity index (χ1) is 31.9. The van der Waals surface area contributed by atoms with Gasteiger partial charge in [0.2, 0.25) is 0 Å². The van der Waals surface area contributed by atoms with Gasteiger partial charge in [0.25, 0.3) is 0 Å². The van der Waals surface area contributed by atoms with E-state index in [4.69, 9.17) is 0 Å². The molecule has 12 aromatic rings. The fourth-order valence-electron chi connectivity index (χ4n) is 9.75. The summed E-state index contributed by atoms with van der Waals surface area (Å²) in [5.74, 6) is -0.194. The van der Waals surface area contributed by atoms with E-state index in [9.17, 15) is 14.8 Å². The summed E-state index contributed by atoms with van der Waals surface area (Å²) in [6.45, 7) is 1.75. The topological polar surface area (TPSA) is 81.5 Å². The van der Waals surface area contributed by atoms with Crippen LogP contribution >= 0.6 is 0 Å². The van der Waals surface area contributed by atoms with Gasteiger partial charge in [-0.25, -0.2) is 0 Å². The van der Waals surface area contributed by atoms with Crippen LogP contribution < -0.4 is 0 Å². The Balaban J connectivity index is 0.934. The Morgan fingerprint density at radius 3 is 0.938 bits per heavy atom. The number of oxime groups is 1. The zero-order chi connectivity index (χ0) is 43.8. The molecule has 0 fully saturated rings. The fourth-order valence-corrected chi connectivity index (χ4v) is 9.75. The number of fused-ring (bicyclic) bond motifs is 9. The molecule has 0 spiro atoms. The highest BCUT2D eigenvalue weighted by molar-refractivity contribution is 6.18. The maximum atomic E-state index is 14.4. The Hall–Kier alpha value is -8.81. The van der Waals surface area contributed by atoms with E-state index in [-0.39, 0.29) is 11.6 Å². The van der Waals surface area contributed by atoms with E-state index in [1.807, 2.05) is 109 Å². The van der Waals surface area contributed by atoms with Crippen LogP contribution in [0.5, 0.6) is 0 Å². The van der Waals surface area contributed by atoms with Crippen molar-refractivity contribution < 1.29 is 14.8 Å². The largest absolute Gasteiger partial charge is 0.411 e. The smallest absolute Gasteiger partial charge is 0.193 e. The standard InChI is InChI=1S/C58H38N4O3/c1-36(59-65)37-18-26-42(27-19-37)62-55-32-24-40(57(63)38-20-28-43(29-21-38)60-51-14-6-2-10-45(51)46-11-3-7-15-52(46)60)34-49(55)50-35-41(25-33-56(50)62)58(64)39-22-30-44(31-23-39)61-53-16-8-4-12-47(53)48-13-5-9-17-54(48)61/h2-35,65H,1H3. The van der Waals surface area contributed by atoms with Crippen molar-refractivity contribution >= 4 is 82.7 Å². The predicted molar refractivity (Wildman–Crippen MR) is 263 cm³/mol. The van der Waals surface area contributed by atoms with Crippen molar-refractivity contribution in [2.75, 3.05) is 0 Å². The van der Waals surface area contributed by atoms with Crippen molar-refractivity contribution in [2.24, 2.45) is 5.16 Å². The minimum absolute atomic E-state index is 0.0970. The molecule has 7 nitrogen and oxygen atoms in total. The van der Waals surface area contributed by atoms with Crippen LogP contribution in [-0.2, 0) is 0 Å². The van der Waals surface area contributed by atoms with E-state index < -0.39 is 0 Å². The molecule has 7 heteroatoms. The molecular formula is C58H38N4O3. The van der Waals surface area contributed by atoms with Gasteiger partial charge < -0.3 is 18.9 Å². The van der Waals surface area contributed by atoms with Gasteiger partial charge in [-0.1, -0.05) is 90.1 Å². The third kappa shape index (κ3) is 6.01. The number of hydrogen-bond acceptors (Lipinski definition) is 4. The number of benzene rings is 9. The summed E-state index contributed by atoms with van der Waals surface area (Å²) in [4.78, 5) is 28.7. The van der Waals surface area contributed by atoms with Gasteiger partial charge in [-0.2, -0.15) is 0 Å². The number of nitrogens with zero attached hydrogens (tertiary/aromatic N) is 4. The highest BCUT2D eigenvalue weighted by Crippen LogP contribution is 2.37. The number of ketones is 2. The van der Waals surface area contributed by atoms with Gasteiger partial charge in [-0.15, -0.1) is 0 Å². The summed E-state index contributed by atoms with van der Waals surface area (Å²) < 4.78 is 6.62. The zero-order valence-corrected chi connectivity index (χ0v) is 35.2. The van der Waals surface area contributed by atoms with E-state index in [1.165, 1.54) is 21.5 Å². The van der Waals surface area contributed by atoms with Gasteiger partial charge in [0.1, 0.15) is 0 Å². The highest BCUT2D eigenvalue weighted by atomic mass is 16.4. The average Bonchev–Trinajstić information content (AvgIpc) is 4.01. The highest BCUT2D eigenvalue weighted by Gasteiger charge is 2.20. The Morgan fingerprint density at radius 1 is 0.338 bits per heavy atom. The second-order valence-corrected chi connectivity index (χ2v) is 16.5. The van der Waals surface area contributed by atoms with Crippen LogP contribution in [0, 0.1) is 0 Å². The molecule has 0 amide bonds. The number of carbonyl (C=O) groups excluding carboxylic acids is 2. The Morgan fingerprint density at radius 2 is 0.615 bits per heavy atom. The minimum Gasteiger partial charge on any atom is -0.411 e. The van der Waals surface area contributed by atoms with Crippen LogP contribution in [0.4, 0.5) is 0 Å². The first-order valence-corrected chi connectivity index (χ1v) is 21.6. The van der Waals surface area contributed by atoms with Gasteiger partial charge in [0, 0.05) is 71.6 Å². The van der Waals surface area contributed by atoms with E-state index >= 15 is 0 Å². The lowest BCUT2D eigenvalue weighted by atomic mass is 9.98. The molecule has 0 unspecified atom stereocenters. The van der Waals surface area contributed by atoms with E-state index in [2.05, 4.69) is 116 Å². The van der Waals surface area contributed by atoms with Crippen LogP contribution in [0.1, 0.15) is 44.3 Å². The van der Waals surface area contributed by atoms with Crippen LogP contribution in [-0.4, -0.2) is 36.2 Å². The summed E-state index contributed by atoms with van der Waals surface area (Å²) in [6, 6.07) is 68.6. The minimum atomic E-state index is -0.0970. The lowest BCUT2D eigenvalue weighted by Gasteiger charge is -2.10. The Bertz CT molecular complexity index is 3590. The molecule has 9 aromatic carbocycles. The van der Waals surface area contributed by atoms with Crippen molar-refractivity contribution in [2.45, 2.75) is 6.92 Å². The van der Waals surface area contributed by atoms with Crippen molar-refractivity contribution in [3.05, 3.63) is 234 Å². The van der Waals surface area contributed by atoms with Gasteiger partial charge in [0.05, 0.1) is 38.8 Å². The molecule has 308 valence electrons. The molecule has 0 aliphatic rings. The van der Waals surface area contributed by atoms with Crippen molar-refractivity contribution in [1.29, 1.82) is 0 Å². The van der Waals surface area contributed by atoms with Crippen molar-refractivity contribution in [3.8, 4) is 17.1 Å². The fraction of sp³-hybridized carbons (Fsp3) is 0.0172. The van der Waals surface area contributed by atoms with E-state index in [1.54, 1.807) is 6.92 Å². The first kappa shape index (κ1) is 37.9. The van der Waals surface area contributed by atoms with E-state index in [0.29, 0.717) is 28.0 Å². The van der Waals surface area contributed by atoms with Crippen LogP contribution in [0.15, 0.2) is 211 Å². The number of carbonyl (C=O) groups is 2. The second kappa shape index (κ2) is 14.9. The molecule has 0 atom stereocenters. The summed E-state index contributed by atoms with van der Waals surface area (Å²) in [7, 11) is 0. The molecule has 0 aliphatic carbocycles. The van der Waals surface area contributed by atoms with Gasteiger partial charge in [-0.3, -0.25) is 9.59 Å². The molecule has 0 saturated carbocycles. The third-order valence-electron chi connectivity index (χ3n) is 12.9. The molecule has 0 radical (unpaired) electrons. The maximum absolute atomic E-state index is 14.4. The monoisotopic (exact) mass is 838 g/mol. The zero-order valence-electron chi connectivity index (χ0n) is 35.2. The van der Waals surface area contributed by atoms with E-state index in [0.717, 1.165) is 66.5 Å². The molecule has 0 aliphatic heterocycles. The normalized spacial score (nSPS) is 12.0. The number of aromatic nitrogens is 3. The molecule has 1 N–H and O–H groups in total. The summed E-state index contributed by atoms with van der Waals surface area (Å²) in [5.41, 5.74) is 12.6. The van der Waals surface area contributed by atoms with Gasteiger partial charge in [-0.05, 0) is 134 Å². The summed E-state index contributed by atoms with van der Waals surface area (Å²) in [5, 5.41) is 19.2. The molecular weight excluding hydrogens is 801 g/mol. The number of para-hydroxylation sites is 4. The van der Waals surface area contributed by atoms with Crippen molar-refractivity contribution in [1.82, 2.24) is 13.7 Å². The second-order valence-electron chi connectivity index (χ2n) is 16.5. The molecule has 65 heavy (non-hydrogen) atoms. The lowest BCUT2D eigenvalue weighted by Crippen LogP contribution is -2.02. The average molecular weight is 839 g/mol. The van der Waals surface area contributed by atoms with Crippen LogP contribution in [0.2, 0.25) is 0 Å². The number of rotatable bonds is 8. The maximum Gasteiger partial charge on any atom is 0.193 e. The molecule has 0 bridgehead atoms. The van der Waals surface area contributed by atoms with Gasteiger partial charge >= 0.3 is 0 Å². The molecule has 12 rings (SSSR count). The first-order valence-electron chi connectivity index (χ1n) is 21.6. The molecule has 3 heterocycles. The van der Waals surface area contributed by atoms with Crippen molar-refractivity contribution in [3.63, 3.8) is 0 Å². The molecule has 0 saturated heterocycles. The Labute approximate surface area is 372 Å². The quantitative estimate of drug-likeness (QED) is 0.0716. The van der Waals surface area contributed by atoms with Crippen LogP contribution in [0.3, 0.4) is 0 Å². The van der Waals surface area contributed by atoms with Crippen LogP contribution in [0.25, 0.3) is 82.5 Å². The summed E-state index contributed by atoms with van der Waals surface area (Å²) >= 11 is 0. The predicted octanol–water partition coefficient (Wildman–Crippen LogP) is 13.6. The lowest BCUT2D eigenvalue weighted by molar-refractivity contribution is 0.103. The molecule has 3 aromatic heterocycles. The Kier molecular flexibility index (Phi) is 8.71. The SMILES string of the molecule is CC(=NO)c1ccc(-n2c3ccc(C(=O)c4ccc(-n5c6ccccc6c6ccccc65)cc4)cc3c3cc(C(=O)c4ccc(-n5c6ccccc6c6ccccc65)cc4)ccc32)cc1. The third-order valence-corrected chi connectivity index (χ3v) is 12.9.